The third-order valence-corrected chi connectivity index (χ3v) is 4.44. The van der Waals surface area contributed by atoms with E-state index >= 15 is 0 Å². The predicted molar refractivity (Wildman–Crippen MR) is 84.3 cm³/mol. The Hall–Kier alpha value is -1.68. The summed E-state index contributed by atoms with van der Waals surface area (Å²) in [5.41, 5.74) is 5.22. The largest absolute Gasteiger partial charge is 0.310 e. The van der Waals surface area contributed by atoms with E-state index in [-0.39, 0.29) is 0 Å². The van der Waals surface area contributed by atoms with Crippen molar-refractivity contribution < 1.29 is 0 Å². The molecule has 0 fully saturated rings. The fourth-order valence-electron chi connectivity index (χ4n) is 3.54. The van der Waals surface area contributed by atoms with Crippen LogP contribution >= 0.6 is 0 Å². The maximum atomic E-state index is 4.66. The monoisotopic (exact) mass is 284 g/mol. The first-order valence-corrected chi connectivity index (χ1v) is 7.94. The molecule has 2 heterocycles. The van der Waals surface area contributed by atoms with E-state index in [4.69, 9.17) is 0 Å². The van der Waals surface area contributed by atoms with Crippen LogP contribution in [0.25, 0.3) is 0 Å². The lowest BCUT2D eigenvalue weighted by Crippen LogP contribution is -2.27. The number of nitrogens with zero attached hydrogens (tertiary/aromatic N) is 3. The molecule has 0 aromatic carbocycles. The van der Waals surface area contributed by atoms with Gasteiger partial charge in [0.25, 0.3) is 0 Å². The summed E-state index contributed by atoms with van der Waals surface area (Å²) in [7, 11) is 2.01. The number of aromatic nitrogens is 3. The van der Waals surface area contributed by atoms with Crippen molar-refractivity contribution in [2.75, 3.05) is 6.54 Å². The molecule has 2 aromatic heterocycles. The van der Waals surface area contributed by atoms with Crippen LogP contribution in [0, 0.1) is 0 Å². The Kier molecular flexibility index (Phi) is 4.06. The number of pyridine rings is 1. The molecule has 4 nitrogen and oxygen atoms in total. The molecule has 0 amide bonds. The van der Waals surface area contributed by atoms with Gasteiger partial charge in [0, 0.05) is 42.7 Å². The first kappa shape index (κ1) is 14.3. The van der Waals surface area contributed by atoms with Gasteiger partial charge in [0.15, 0.2) is 0 Å². The molecule has 0 radical (unpaired) electrons. The van der Waals surface area contributed by atoms with Gasteiger partial charge < -0.3 is 5.32 Å². The van der Waals surface area contributed by atoms with E-state index in [1.54, 1.807) is 0 Å². The molecule has 1 N–H and O–H groups in total. The number of hydrogen-bond acceptors (Lipinski definition) is 3. The Labute approximate surface area is 126 Å². The molecule has 3 rings (SSSR count). The van der Waals surface area contributed by atoms with Crippen LogP contribution in [0.4, 0.5) is 0 Å². The second kappa shape index (κ2) is 5.98. The van der Waals surface area contributed by atoms with Crippen molar-refractivity contribution in [1.82, 2.24) is 20.1 Å². The third-order valence-electron chi connectivity index (χ3n) is 4.44. The summed E-state index contributed by atoms with van der Waals surface area (Å²) in [6, 6.07) is 4.58. The van der Waals surface area contributed by atoms with Crippen molar-refractivity contribution in [3.63, 3.8) is 0 Å². The topological polar surface area (TPSA) is 42.7 Å². The predicted octanol–water partition coefficient (Wildman–Crippen LogP) is 2.76. The van der Waals surface area contributed by atoms with Crippen LogP contribution in [0.1, 0.15) is 54.7 Å². The number of likely N-dealkylation sites (N-methyl/N-ethyl adjacent to an activating group) is 1. The van der Waals surface area contributed by atoms with E-state index < -0.39 is 0 Å². The maximum absolute atomic E-state index is 4.66. The highest BCUT2D eigenvalue weighted by Crippen LogP contribution is 2.41. The van der Waals surface area contributed by atoms with E-state index in [0.29, 0.717) is 12.0 Å². The van der Waals surface area contributed by atoms with Gasteiger partial charge >= 0.3 is 0 Å². The lowest BCUT2D eigenvalue weighted by molar-refractivity contribution is 0.445. The second-order valence-electron chi connectivity index (χ2n) is 5.79. The van der Waals surface area contributed by atoms with Crippen LogP contribution in [0.15, 0.2) is 24.5 Å². The molecule has 0 saturated carbocycles. The summed E-state index contributed by atoms with van der Waals surface area (Å²) in [5, 5.41) is 8.29. The molecule has 21 heavy (non-hydrogen) atoms. The highest BCUT2D eigenvalue weighted by atomic mass is 15.3. The summed E-state index contributed by atoms with van der Waals surface area (Å²) in [4.78, 5) is 4.66. The first-order chi connectivity index (χ1) is 10.2. The highest BCUT2D eigenvalue weighted by molar-refractivity contribution is 5.34. The van der Waals surface area contributed by atoms with Gasteiger partial charge in [-0.05, 0) is 37.4 Å². The Morgan fingerprint density at radius 3 is 3.05 bits per heavy atom. The Morgan fingerprint density at radius 2 is 2.29 bits per heavy atom. The molecular weight excluding hydrogens is 260 g/mol. The smallest absolute Gasteiger partial charge is 0.0669 e. The summed E-state index contributed by atoms with van der Waals surface area (Å²) < 4.78 is 1.94. The zero-order valence-electron chi connectivity index (χ0n) is 13.1. The van der Waals surface area contributed by atoms with Crippen LogP contribution < -0.4 is 5.32 Å². The van der Waals surface area contributed by atoms with Crippen LogP contribution in [-0.2, 0) is 19.9 Å². The van der Waals surface area contributed by atoms with Gasteiger partial charge in [0.1, 0.15) is 0 Å². The summed E-state index contributed by atoms with van der Waals surface area (Å²) in [5.74, 6) is 0.454. The molecule has 2 atom stereocenters. The number of aryl methyl sites for hydroxylation is 3. The standard InChI is InChI=1S/C17H24N4/c1-4-15-14(11-21(3)20-15)17(18-5-2)13-9-8-12-7-6-10-19-16(12)13/h6-7,10-11,13,17-18H,4-5,8-9H2,1-3H3. The SMILES string of the molecule is CCNC(c1cn(C)nc1CC)C1CCc2cccnc21. The van der Waals surface area contributed by atoms with Gasteiger partial charge in [-0.15, -0.1) is 0 Å². The van der Waals surface area contributed by atoms with Crippen molar-refractivity contribution in [3.05, 3.63) is 47.0 Å². The van der Waals surface area contributed by atoms with Crippen LogP contribution in [0.5, 0.6) is 0 Å². The Balaban J connectivity index is 1.99. The zero-order valence-corrected chi connectivity index (χ0v) is 13.1. The van der Waals surface area contributed by atoms with Gasteiger partial charge in [0.05, 0.1) is 5.69 Å². The molecule has 0 spiro atoms. The molecule has 1 aliphatic rings. The fraction of sp³-hybridized carbons (Fsp3) is 0.529. The van der Waals surface area contributed by atoms with Crippen molar-refractivity contribution in [2.24, 2.45) is 7.05 Å². The van der Waals surface area contributed by atoms with E-state index in [0.717, 1.165) is 19.4 Å². The Bertz CT molecular complexity index is 617. The minimum absolute atomic E-state index is 0.315. The molecule has 2 aromatic rings. The summed E-state index contributed by atoms with van der Waals surface area (Å²) >= 11 is 0. The molecule has 4 heteroatoms. The van der Waals surface area contributed by atoms with Crippen molar-refractivity contribution in [1.29, 1.82) is 0 Å². The fourth-order valence-corrected chi connectivity index (χ4v) is 3.54. The zero-order chi connectivity index (χ0) is 14.8. The van der Waals surface area contributed by atoms with E-state index in [9.17, 15) is 0 Å². The van der Waals surface area contributed by atoms with Crippen molar-refractivity contribution >= 4 is 0 Å². The van der Waals surface area contributed by atoms with Crippen molar-refractivity contribution in [3.8, 4) is 0 Å². The molecule has 2 unspecified atom stereocenters. The van der Waals surface area contributed by atoms with Crippen LogP contribution in [0.2, 0.25) is 0 Å². The molecule has 1 aliphatic carbocycles. The van der Waals surface area contributed by atoms with E-state index in [2.05, 4.69) is 41.5 Å². The number of nitrogens with one attached hydrogen (secondary N) is 1. The number of rotatable bonds is 5. The van der Waals surface area contributed by atoms with E-state index in [1.165, 1.54) is 28.9 Å². The maximum Gasteiger partial charge on any atom is 0.0669 e. The van der Waals surface area contributed by atoms with Gasteiger partial charge in [-0.2, -0.15) is 5.10 Å². The number of hydrogen-bond donors (Lipinski definition) is 1. The quantitative estimate of drug-likeness (QED) is 0.918. The average molecular weight is 284 g/mol. The van der Waals surface area contributed by atoms with Gasteiger partial charge in [-0.25, -0.2) is 0 Å². The molecule has 0 bridgehead atoms. The number of fused-ring (bicyclic) bond motifs is 1. The Morgan fingerprint density at radius 1 is 1.43 bits per heavy atom. The first-order valence-electron chi connectivity index (χ1n) is 7.94. The third kappa shape index (κ3) is 2.60. The lowest BCUT2D eigenvalue weighted by Gasteiger charge is -2.24. The minimum atomic E-state index is 0.315. The van der Waals surface area contributed by atoms with Crippen molar-refractivity contribution in [2.45, 2.75) is 45.1 Å². The minimum Gasteiger partial charge on any atom is -0.310 e. The van der Waals surface area contributed by atoms with Crippen LogP contribution in [0.3, 0.4) is 0 Å². The molecular formula is C17H24N4. The highest BCUT2D eigenvalue weighted by Gasteiger charge is 2.33. The van der Waals surface area contributed by atoms with Gasteiger partial charge in [0.2, 0.25) is 0 Å². The normalized spacial score (nSPS) is 18.7. The summed E-state index contributed by atoms with van der Waals surface area (Å²) in [6.45, 7) is 5.31. The molecule has 112 valence electrons. The average Bonchev–Trinajstić information content (AvgIpc) is 3.08. The second-order valence-corrected chi connectivity index (χ2v) is 5.79. The molecule has 0 saturated heterocycles. The molecule has 0 aliphatic heterocycles. The summed E-state index contributed by atoms with van der Waals surface area (Å²) in [6.07, 6.45) is 7.37. The van der Waals surface area contributed by atoms with E-state index in [1.807, 2.05) is 24.0 Å². The van der Waals surface area contributed by atoms with Gasteiger partial charge in [-0.1, -0.05) is 19.9 Å². The lowest BCUT2D eigenvalue weighted by atomic mass is 9.90. The van der Waals surface area contributed by atoms with Gasteiger partial charge in [-0.3, -0.25) is 9.67 Å². The van der Waals surface area contributed by atoms with Crippen LogP contribution in [-0.4, -0.2) is 21.3 Å².